The van der Waals surface area contributed by atoms with E-state index in [2.05, 4.69) is 30.0 Å². The molecule has 6 rings (SSSR count). The molecule has 0 aromatic carbocycles. The third-order valence-corrected chi connectivity index (χ3v) is 11.4. The summed E-state index contributed by atoms with van der Waals surface area (Å²) in [6.45, 7) is 6.34. The van der Waals surface area contributed by atoms with Crippen molar-refractivity contribution in [1.29, 1.82) is 0 Å². The summed E-state index contributed by atoms with van der Waals surface area (Å²) in [5.41, 5.74) is 2.66. The van der Waals surface area contributed by atoms with Gasteiger partial charge in [-0.15, -0.1) is 0 Å². The molecule has 7 heteroatoms. The number of allylic oxidation sites excluding steroid dienone is 1. The molecule has 4 aliphatic carbocycles. The first kappa shape index (κ1) is 24.4. The van der Waals surface area contributed by atoms with Crippen LogP contribution in [0.25, 0.3) is 6.08 Å². The Morgan fingerprint density at radius 3 is 2.86 bits per heavy atom. The van der Waals surface area contributed by atoms with Gasteiger partial charge in [-0.05, 0) is 92.4 Å². The lowest BCUT2D eigenvalue weighted by atomic mass is 9.45. The zero-order chi connectivity index (χ0) is 25.5. The molecule has 2 N–H and O–H groups in total. The first-order chi connectivity index (χ1) is 17.1. The molecule has 36 heavy (non-hydrogen) atoms. The van der Waals surface area contributed by atoms with Crippen LogP contribution in [0.1, 0.15) is 62.9 Å². The maximum Gasteiger partial charge on any atom is 0.175 e. The number of aryl methyl sites for hydroxylation is 2. The maximum atomic E-state index is 13.6. The summed E-state index contributed by atoms with van der Waals surface area (Å²) in [6.07, 6.45) is 8.43. The Balaban J connectivity index is 1.27. The molecule has 0 radical (unpaired) electrons. The Morgan fingerprint density at radius 1 is 1.28 bits per heavy atom. The first-order valence-electron chi connectivity index (χ1n) is 13.3. The van der Waals surface area contributed by atoms with Crippen molar-refractivity contribution >= 4 is 23.6 Å². The number of rotatable bonds is 4. The molecule has 0 bridgehead atoms. The summed E-state index contributed by atoms with van der Waals surface area (Å²) in [4.78, 5) is 18.1. The molecule has 0 amide bonds. The maximum absolute atomic E-state index is 13.6. The van der Waals surface area contributed by atoms with Gasteiger partial charge in [-0.3, -0.25) is 9.48 Å². The number of hydrogen-bond acceptors (Lipinski definition) is 6. The van der Waals surface area contributed by atoms with Crippen LogP contribution >= 0.6 is 11.8 Å². The second-order valence-electron chi connectivity index (χ2n) is 12.2. The molecular weight excluding hydrogens is 470 g/mol. The van der Waals surface area contributed by atoms with Crippen LogP contribution in [-0.2, 0) is 18.3 Å². The van der Waals surface area contributed by atoms with Gasteiger partial charge in [-0.2, -0.15) is 5.10 Å². The number of carbonyl (C=O) groups excluding carboxylic acids is 1. The lowest BCUT2D eigenvalue weighted by Gasteiger charge is -2.60. The fourth-order valence-electron chi connectivity index (χ4n) is 8.64. The van der Waals surface area contributed by atoms with E-state index in [1.54, 1.807) is 0 Å². The molecule has 3 saturated carbocycles. The number of aliphatic hydroxyl groups excluding tert-OH is 1. The Labute approximate surface area is 217 Å². The Morgan fingerprint density at radius 2 is 2.08 bits per heavy atom. The van der Waals surface area contributed by atoms with Gasteiger partial charge in [-0.25, -0.2) is 4.98 Å². The number of thioether (sulfide) groups is 1. The minimum absolute atomic E-state index is 0.114. The quantitative estimate of drug-likeness (QED) is 0.598. The van der Waals surface area contributed by atoms with E-state index < -0.39 is 17.1 Å². The fourth-order valence-corrected chi connectivity index (χ4v) is 9.54. The highest BCUT2D eigenvalue weighted by molar-refractivity contribution is 7.99. The van der Waals surface area contributed by atoms with Crippen molar-refractivity contribution in [1.82, 2.24) is 14.8 Å². The molecule has 6 unspecified atom stereocenters. The number of aliphatic hydroxyl groups is 2. The van der Waals surface area contributed by atoms with Crippen molar-refractivity contribution < 1.29 is 15.0 Å². The molecule has 0 aliphatic heterocycles. The van der Waals surface area contributed by atoms with Crippen LogP contribution in [0.4, 0.5) is 0 Å². The molecule has 0 spiro atoms. The van der Waals surface area contributed by atoms with E-state index in [1.807, 2.05) is 43.0 Å². The molecule has 7 atom stereocenters. The second-order valence-corrected chi connectivity index (χ2v) is 13.2. The number of ketones is 1. The predicted molar refractivity (Wildman–Crippen MR) is 140 cm³/mol. The summed E-state index contributed by atoms with van der Waals surface area (Å²) in [6, 6.07) is 5.80. The van der Waals surface area contributed by atoms with Gasteiger partial charge in [0.1, 0.15) is 5.60 Å². The normalized spacial score (nSPS) is 39.0. The highest BCUT2D eigenvalue weighted by Gasteiger charge is 2.68. The van der Waals surface area contributed by atoms with Crippen LogP contribution in [0.5, 0.6) is 0 Å². The van der Waals surface area contributed by atoms with Crippen molar-refractivity contribution in [3.05, 3.63) is 46.9 Å². The lowest BCUT2D eigenvalue weighted by molar-refractivity contribution is -0.177. The standard InChI is InChI=1S/C29H37N3O3S/c1-17-6-5-7-25(31-17)36-16-24(34)29(35)11-10-21-20-9-8-19-12-22-18(15-30-32(22)4)13-27(19,2)26(20)23(33)14-28(21,29)3/h5-7,12,15,20-21,23,26,33,35H,8-11,13-14,16H2,1-4H3/t20?,21?,23?,26?,27?,28?,29-/m0/s1. The number of carbonyl (C=O) groups is 1. The zero-order valence-electron chi connectivity index (χ0n) is 21.7. The molecule has 3 fully saturated rings. The van der Waals surface area contributed by atoms with Crippen molar-refractivity contribution in [2.24, 2.45) is 35.6 Å². The molecule has 192 valence electrons. The number of Topliss-reactive ketones (excluding diaryl/α,β-unsaturated/α-hetero) is 1. The molecule has 6 nitrogen and oxygen atoms in total. The van der Waals surface area contributed by atoms with Gasteiger partial charge in [0, 0.05) is 18.2 Å². The lowest BCUT2D eigenvalue weighted by Crippen LogP contribution is -2.62. The zero-order valence-corrected chi connectivity index (χ0v) is 22.5. The molecular formula is C29H37N3O3S. The van der Waals surface area contributed by atoms with E-state index in [0.29, 0.717) is 18.8 Å². The number of nitrogens with zero attached hydrogens (tertiary/aromatic N) is 3. The monoisotopic (exact) mass is 507 g/mol. The highest BCUT2D eigenvalue weighted by Crippen LogP contribution is 2.67. The van der Waals surface area contributed by atoms with E-state index in [9.17, 15) is 15.0 Å². The minimum atomic E-state index is -1.40. The van der Waals surface area contributed by atoms with E-state index in [1.165, 1.54) is 28.6 Å². The first-order valence-corrected chi connectivity index (χ1v) is 14.3. The number of fused-ring (bicyclic) bond motifs is 6. The summed E-state index contributed by atoms with van der Waals surface area (Å²) in [5.74, 6) is 0.745. The third kappa shape index (κ3) is 3.35. The molecule has 2 heterocycles. The fraction of sp³-hybridized carbons (Fsp3) is 0.621. The van der Waals surface area contributed by atoms with Crippen LogP contribution in [-0.4, -0.2) is 48.2 Å². The molecule has 4 aliphatic rings. The van der Waals surface area contributed by atoms with Crippen LogP contribution < -0.4 is 0 Å². The van der Waals surface area contributed by atoms with Crippen molar-refractivity contribution in [2.45, 2.75) is 76.0 Å². The number of pyridine rings is 1. The van der Waals surface area contributed by atoms with Crippen LogP contribution in [0.15, 0.2) is 35.0 Å². The second kappa shape index (κ2) is 8.27. The summed E-state index contributed by atoms with van der Waals surface area (Å²) in [7, 11) is 1.99. The van der Waals surface area contributed by atoms with Gasteiger partial charge < -0.3 is 10.2 Å². The van der Waals surface area contributed by atoms with Crippen molar-refractivity contribution in [2.75, 3.05) is 5.75 Å². The Hall–Kier alpha value is -1.96. The molecule has 2 aromatic heterocycles. The van der Waals surface area contributed by atoms with Crippen LogP contribution in [0, 0.1) is 35.5 Å². The van der Waals surface area contributed by atoms with E-state index in [-0.39, 0.29) is 28.8 Å². The Bertz CT molecular complexity index is 1260. The predicted octanol–water partition coefficient (Wildman–Crippen LogP) is 4.37. The largest absolute Gasteiger partial charge is 0.393 e. The van der Waals surface area contributed by atoms with Gasteiger partial charge in [-0.1, -0.05) is 37.2 Å². The van der Waals surface area contributed by atoms with Gasteiger partial charge in [0.05, 0.1) is 28.8 Å². The smallest absolute Gasteiger partial charge is 0.175 e. The molecule has 2 aromatic rings. The summed E-state index contributed by atoms with van der Waals surface area (Å²) >= 11 is 1.40. The van der Waals surface area contributed by atoms with E-state index >= 15 is 0 Å². The highest BCUT2D eigenvalue weighted by atomic mass is 32.2. The summed E-state index contributed by atoms with van der Waals surface area (Å²) < 4.78 is 1.95. The topological polar surface area (TPSA) is 88.2 Å². The SMILES string of the molecule is Cc1cccc(SCC(=O)[C@@]2(O)CCC3C4CCC5=Cc6c(cnn6C)CC5(C)C4C(O)CC32C)n1. The third-order valence-electron chi connectivity index (χ3n) is 10.4. The van der Waals surface area contributed by atoms with E-state index in [4.69, 9.17) is 0 Å². The van der Waals surface area contributed by atoms with Gasteiger partial charge in [0.25, 0.3) is 0 Å². The minimum Gasteiger partial charge on any atom is -0.393 e. The van der Waals surface area contributed by atoms with Crippen LogP contribution in [0.2, 0.25) is 0 Å². The molecule has 0 saturated heterocycles. The van der Waals surface area contributed by atoms with Crippen molar-refractivity contribution in [3.63, 3.8) is 0 Å². The van der Waals surface area contributed by atoms with Crippen LogP contribution in [0.3, 0.4) is 0 Å². The Kier molecular flexibility index (Phi) is 5.60. The average molecular weight is 508 g/mol. The number of hydrogen-bond donors (Lipinski definition) is 2. The van der Waals surface area contributed by atoms with Gasteiger partial charge in [0.15, 0.2) is 5.78 Å². The van der Waals surface area contributed by atoms with E-state index in [0.717, 1.165) is 36.4 Å². The average Bonchev–Trinajstić information content (AvgIpc) is 3.31. The van der Waals surface area contributed by atoms with Gasteiger partial charge >= 0.3 is 0 Å². The number of aromatic nitrogens is 3. The van der Waals surface area contributed by atoms with Crippen molar-refractivity contribution in [3.8, 4) is 0 Å². The van der Waals surface area contributed by atoms with Gasteiger partial charge in [0.2, 0.25) is 0 Å². The summed E-state index contributed by atoms with van der Waals surface area (Å²) in [5, 5.41) is 29.0.